The Labute approximate surface area is 415 Å². The van der Waals surface area contributed by atoms with Gasteiger partial charge in [0.15, 0.2) is 0 Å². The van der Waals surface area contributed by atoms with Crippen molar-refractivity contribution in [3.63, 3.8) is 0 Å². The van der Waals surface area contributed by atoms with Gasteiger partial charge in [0, 0.05) is 23.9 Å². The highest BCUT2D eigenvalue weighted by atomic mass is 16.7. The first-order valence-corrected chi connectivity index (χ1v) is 24.5. The highest BCUT2D eigenvalue weighted by Gasteiger charge is 2.68. The van der Waals surface area contributed by atoms with E-state index in [0.29, 0.717) is 49.2 Å². The molecule has 0 radical (unpaired) electrons. The molecule has 3 saturated carbocycles. The summed E-state index contributed by atoms with van der Waals surface area (Å²) in [6.07, 6.45) is 9.22. The van der Waals surface area contributed by atoms with E-state index in [9.17, 15) is 29.2 Å². The fourth-order valence-electron chi connectivity index (χ4n) is 10.6. The molecule has 0 unspecified atom stereocenters. The number of hydrogen-bond donors (Lipinski definition) is 6. The SMILES string of the molecule is C=CC(=O)N1CC[C@@H]1COC(=O)N[C@@H](Cc1coc2ccccc12)B(O)O.C=CC(=O)N1CC[C@@H]1COC(=O)N[C@@H](Cc1coc2ccccc12)B1O[C@@H]2C[C@@H]3C[C@@H](C3(C)C)[C@]2(C)O1.CC(C)CB(O)O. The molecule has 21 heteroatoms. The smallest absolute Gasteiger partial charge is 0.464 e. The van der Waals surface area contributed by atoms with Crippen LogP contribution in [-0.4, -0.2) is 137 Å². The third kappa shape index (κ3) is 12.2. The minimum atomic E-state index is -1.77. The van der Waals surface area contributed by atoms with Crippen molar-refractivity contribution in [1.82, 2.24) is 20.4 Å². The summed E-state index contributed by atoms with van der Waals surface area (Å²) in [5, 5.41) is 43.1. The zero-order chi connectivity index (χ0) is 51.2. The van der Waals surface area contributed by atoms with Crippen LogP contribution in [-0.2, 0) is 41.2 Å². The lowest BCUT2D eigenvalue weighted by Gasteiger charge is -2.64. The van der Waals surface area contributed by atoms with Crippen molar-refractivity contribution >= 4 is 67.3 Å². The first-order valence-electron chi connectivity index (χ1n) is 24.5. The van der Waals surface area contributed by atoms with Gasteiger partial charge < -0.3 is 68.1 Å². The van der Waals surface area contributed by atoms with Gasteiger partial charge in [-0.1, -0.05) is 77.3 Å². The molecule has 18 nitrogen and oxygen atoms in total. The van der Waals surface area contributed by atoms with Crippen molar-refractivity contribution < 1.29 is 66.9 Å². The van der Waals surface area contributed by atoms with Gasteiger partial charge in [0.2, 0.25) is 11.8 Å². The standard InChI is InChI=1S/C28H35BN2O6.C18H21BN2O6.C4H11BO2/c1-5-25(32)31-11-10-19(31)16-35-26(33)30-24(12-17-15-34-21-9-7-6-8-20(17)21)29-36-23-14-18-13-22(27(18,2)3)28(23,4)37-29;1-2-17(22)21-8-7-13(21)11-27-18(23)20-16(19(24)25)9-12-10-26-15-6-4-3-5-14(12)15;1-4(2)3-5(6)7/h5-9,15,18-19,22-24H,1,10-14,16H2,2-4H3,(H,30,33);2-6,10,13,16,24-25H,1,7-9,11H2,(H,20,23);4,6-7H,3H2,1-2H3/t18-,19+,22-,23+,24-,28-;13-,16+;/m01./s1. The minimum Gasteiger partial charge on any atom is -0.464 e. The Morgan fingerprint density at radius 2 is 1.32 bits per heavy atom. The highest BCUT2D eigenvalue weighted by molar-refractivity contribution is 6.48. The summed E-state index contributed by atoms with van der Waals surface area (Å²) in [7, 11) is -3.50. The van der Waals surface area contributed by atoms with Gasteiger partial charge in [-0.15, -0.1) is 0 Å². The van der Waals surface area contributed by atoms with Gasteiger partial charge in [-0.2, -0.15) is 0 Å². The quantitative estimate of drug-likeness (QED) is 0.0632. The molecule has 10 rings (SSSR count). The second-order valence-electron chi connectivity index (χ2n) is 20.3. The van der Waals surface area contributed by atoms with E-state index in [-0.39, 0.29) is 60.7 Å². The Balaban J connectivity index is 0.000000191. The molecule has 2 aromatic carbocycles. The van der Waals surface area contributed by atoms with Gasteiger partial charge >= 0.3 is 33.5 Å². The van der Waals surface area contributed by atoms with E-state index in [4.69, 9.17) is 37.7 Å². The number of nitrogens with zero attached hydrogens (tertiary/aromatic N) is 2. The number of carbonyl (C=O) groups is 4. The first kappa shape index (κ1) is 53.2. The topological polar surface area (TPSA) is 243 Å². The molecular formula is C50H67B3N4O14. The summed E-state index contributed by atoms with van der Waals surface area (Å²) in [5.41, 5.74) is 3.03. The molecular weight excluding hydrogens is 913 g/mol. The van der Waals surface area contributed by atoms with Gasteiger partial charge in [0.05, 0.1) is 48.2 Å². The van der Waals surface area contributed by atoms with Gasteiger partial charge in [0.1, 0.15) is 24.4 Å². The van der Waals surface area contributed by atoms with Gasteiger partial charge in [-0.25, -0.2) is 9.59 Å². The number of rotatable bonds is 16. The molecule has 4 aromatic rings. The van der Waals surface area contributed by atoms with Crippen molar-refractivity contribution in [2.24, 2.45) is 23.2 Å². The number of para-hydroxylation sites is 2. The summed E-state index contributed by atoms with van der Waals surface area (Å²) >= 11 is 0. The Morgan fingerprint density at radius 1 is 0.803 bits per heavy atom. The average Bonchev–Trinajstić information content (AvgIpc) is 4.02. The number of benzene rings is 2. The number of alkyl carbamates (subject to hydrolysis) is 2. The van der Waals surface area contributed by atoms with Crippen LogP contribution in [0, 0.1) is 23.2 Å². The third-order valence-electron chi connectivity index (χ3n) is 15.0. The summed E-state index contributed by atoms with van der Waals surface area (Å²) in [5.74, 6) is -0.353. The second-order valence-corrected chi connectivity index (χ2v) is 20.3. The molecule has 3 saturated heterocycles. The molecule has 0 spiro atoms. The van der Waals surface area contributed by atoms with Crippen LogP contribution in [0.4, 0.5) is 9.59 Å². The second kappa shape index (κ2) is 22.9. The van der Waals surface area contributed by atoms with Gasteiger partial charge in [-0.3, -0.25) is 9.59 Å². The number of likely N-dealkylation sites (tertiary alicyclic amines) is 2. The van der Waals surface area contributed by atoms with Crippen LogP contribution >= 0.6 is 0 Å². The number of ether oxygens (including phenoxy) is 2. The van der Waals surface area contributed by atoms with Crippen molar-refractivity contribution in [2.75, 3.05) is 26.3 Å². The molecule has 5 heterocycles. The molecule has 8 atom stereocenters. The molecule has 6 N–H and O–H groups in total. The number of carbonyl (C=O) groups excluding carboxylic acids is 4. The van der Waals surface area contributed by atoms with E-state index in [2.05, 4.69) is 44.6 Å². The first-order chi connectivity index (χ1) is 33.8. The Bertz CT molecular complexity index is 2510. The van der Waals surface area contributed by atoms with Crippen LogP contribution in [0.2, 0.25) is 6.32 Å². The molecule has 3 aliphatic heterocycles. The molecule has 4 amide bonds. The molecule has 71 heavy (non-hydrogen) atoms. The van der Waals surface area contributed by atoms with Crippen LogP contribution in [0.15, 0.2) is 95.2 Å². The van der Waals surface area contributed by atoms with Crippen LogP contribution in [0.1, 0.15) is 71.4 Å². The number of nitrogens with one attached hydrogen (secondary N) is 2. The van der Waals surface area contributed by atoms with Gasteiger partial charge in [0.25, 0.3) is 0 Å². The fraction of sp³-hybridized carbons (Fsp3) is 0.520. The van der Waals surface area contributed by atoms with Gasteiger partial charge in [-0.05, 0) is 110 Å². The van der Waals surface area contributed by atoms with Crippen molar-refractivity contribution in [2.45, 2.75) is 115 Å². The van der Waals surface area contributed by atoms with Crippen molar-refractivity contribution in [3.8, 4) is 0 Å². The van der Waals surface area contributed by atoms with Crippen LogP contribution in [0.25, 0.3) is 21.9 Å². The largest absolute Gasteiger partial charge is 0.482 e. The van der Waals surface area contributed by atoms with E-state index >= 15 is 0 Å². The fourth-order valence-corrected chi connectivity index (χ4v) is 10.6. The lowest BCUT2D eigenvalue weighted by molar-refractivity contribution is -0.199. The van der Waals surface area contributed by atoms with Crippen LogP contribution in [0.5, 0.6) is 0 Å². The van der Waals surface area contributed by atoms with E-state index in [0.717, 1.165) is 53.2 Å². The maximum Gasteiger partial charge on any atom is 0.482 e. The Morgan fingerprint density at radius 3 is 1.77 bits per heavy atom. The maximum atomic E-state index is 13.0. The number of furan rings is 2. The number of fused-ring (bicyclic) bond motifs is 2. The van der Waals surface area contributed by atoms with E-state index in [1.807, 2.05) is 56.3 Å². The summed E-state index contributed by atoms with van der Waals surface area (Å²) in [6.45, 7) is 19.1. The molecule has 6 fully saturated rings. The monoisotopic (exact) mass is 980 g/mol. The number of hydrogen-bond acceptors (Lipinski definition) is 14. The van der Waals surface area contributed by atoms with Crippen molar-refractivity contribution in [1.29, 1.82) is 0 Å². The predicted molar refractivity (Wildman–Crippen MR) is 267 cm³/mol. The number of amides is 4. The lowest BCUT2D eigenvalue weighted by atomic mass is 9.43. The molecule has 2 aromatic heterocycles. The molecule has 6 aliphatic rings. The summed E-state index contributed by atoms with van der Waals surface area (Å²) in [4.78, 5) is 51.7. The van der Waals surface area contributed by atoms with Crippen molar-refractivity contribution in [3.05, 3.63) is 97.5 Å². The zero-order valence-corrected chi connectivity index (χ0v) is 41.2. The normalized spacial score (nSPS) is 24.3. The molecule has 380 valence electrons. The van der Waals surface area contributed by atoms with Crippen LogP contribution in [0.3, 0.4) is 0 Å². The minimum absolute atomic E-state index is 0.00383. The zero-order valence-electron chi connectivity index (χ0n) is 41.2. The third-order valence-corrected chi connectivity index (χ3v) is 15.0. The maximum absolute atomic E-state index is 13.0. The Hall–Kier alpha value is -5.57. The van der Waals surface area contributed by atoms with E-state index in [1.54, 1.807) is 22.1 Å². The van der Waals surface area contributed by atoms with E-state index in [1.165, 1.54) is 18.4 Å². The molecule has 2 bridgehead atoms. The van der Waals surface area contributed by atoms with E-state index < -0.39 is 45.4 Å². The Kier molecular flexibility index (Phi) is 17.2. The lowest BCUT2D eigenvalue weighted by Crippen LogP contribution is -2.65. The summed E-state index contributed by atoms with van der Waals surface area (Å²) in [6, 6.07) is 14.9. The predicted octanol–water partition coefficient (Wildman–Crippen LogP) is 5.11. The highest BCUT2D eigenvalue weighted by Crippen LogP contribution is 2.65. The van der Waals surface area contributed by atoms with Crippen LogP contribution < -0.4 is 10.6 Å². The average molecular weight is 981 g/mol. The summed E-state index contributed by atoms with van der Waals surface area (Å²) < 4.78 is 35.1. The molecule has 3 aliphatic carbocycles.